The standard InChI is InChI=1S/C8H11N5.C2H6/c1-7-6-13(11-12(7)2)8-9-4-3-5-10-8;1-2/h3-6,11H,1-2H3;1-2H3. The summed E-state index contributed by atoms with van der Waals surface area (Å²) in [4.78, 5) is 8.22. The Hall–Kier alpha value is -1.62. The fraction of sp³-hybridized carbons (Fsp3) is 0.400. The maximum Gasteiger partial charge on any atom is 0.245 e. The van der Waals surface area contributed by atoms with Gasteiger partial charge in [-0.2, -0.15) is 0 Å². The summed E-state index contributed by atoms with van der Waals surface area (Å²) in [5, 5.41) is 3.67. The van der Waals surface area contributed by atoms with E-state index in [9.17, 15) is 0 Å². The third-order valence-electron chi connectivity index (χ3n) is 1.87. The minimum atomic E-state index is 0.645. The average molecular weight is 207 g/mol. The van der Waals surface area contributed by atoms with E-state index in [0.717, 1.165) is 5.70 Å². The van der Waals surface area contributed by atoms with E-state index in [0.29, 0.717) is 5.95 Å². The van der Waals surface area contributed by atoms with Gasteiger partial charge in [-0.3, -0.25) is 5.01 Å². The van der Waals surface area contributed by atoms with Crippen LogP contribution in [-0.4, -0.2) is 22.0 Å². The lowest BCUT2D eigenvalue weighted by Gasteiger charge is -2.17. The van der Waals surface area contributed by atoms with Gasteiger partial charge >= 0.3 is 0 Å². The Morgan fingerprint density at radius 1 is 1.20 bits per heavy atom. The molecule has 5 nitrogen and oxygen atoms in total. The van der Waals surface area contributed by atoms with Crippen LogP contribution in [-0.2, 0) is 0 Å². The van der Waals surface area contributed by atoms with Crippen molar-refractivity contribution in [2.24, 2.45) is 0 Å². The molecule has 2 rings (SSSR count). The van der Waals surface area contributed by atoms with E-state index in [1.807, 2.05) is 39.0 Å². The number of hydrogen-bond acceptors (Lipinski definition) is 5. The molecular formula is C10H17N5. The Morgan fingerprint density at radius 3 is 2.27 bits per heavy atom. The summed E-state index contributed by atoms with van der Waals surface area (Å²) < 4.78 is 0. The first kappa shape index (κ1) is 11.5. The van der Waals surface area contributed by atoms with Crippen LogP contribution in [0.5, 0.6) is 0 Å². The molecule has 1 aliphatic rings. The van der Waals surface area contributed by atoms with Crippen molar-refractivity contribution in [3.8, 4) is 0 Å². The molecule has 1 N–H and O–H groups in total. The fourth-order valence-electron chi connectivity index (χ4n) is 1.06. The minimum absolute atomic E-state index is 0.645. The van der Waals surface area contributed by atoms with Crippen LogP contribution in [0.25, 0.3) is 0 Å². The summed E-state index contributed by atoms with van der Waals surface area (Å²) >= 11 is 0. The average Bonchev–Trinajstić information content (AvgIpc) is 2.63. The van der Waals surface area contributed by atoms with Crippen molar-refractivity contribution in [3.63, 3.8) is 0 Å². The smallest absolute Gasteiger partial charge is 0.245 e. The summed E-state index contributed by atoms with van der Waals surface area (Å²) in [5.74, 6) is 0.645. The topological polar surface area (TPSA) is 44.3 Å². The Kier molecular flexibility index (Phi) is 4.05. The highest BCUT2D eigenvalue weighted by molar-refractivity contribution is 5.34. The summed E-state index contributed by atoms with van der Waals surface area (Å²) in [7, 11) is 1.94. The highest BCUT2D eigenvalue weighted by atomic mass is 15.8. The van der Waals surface area contributed by atoms with Crippen molar-refractivity contribution in [1.29, 1.82) is 0 Å². The number of hydrazine groups is 2. The zero-order valence-electron chi connectivity index (χ0n) is 9.60. The number of allylic oxidation sites excluding steroid dienone is 1. The summed E-state index contributed by atoms with van der Waals surface area (Å²) in [6, 6.07) is 1.79. The van der Waals surface area contributed by atoms with Gasteiger partial charge in [-0.05, 0) is 13.0 Å². The van der Waals surface area contributed by atoms with Crippen LogP contribution in [0.4, 0.5) is 5.95 Å². The Bertz CT molecular complexity index is 322. The number of aromatic nitrogens is 2. The number of rotatable bonds is 1. The molecule has 0 saturated carbocycles. The van der Waals surface area contributed by atoms with Crippen molar-refractivity contribution in [2.45, 2.75) is 20.8 Å². The summed E-state index contributed by atoms with van der Waals surface area (Å²) in [6.45, 7) is 6.01. The molecule has 0 bridgehead atoms. The molecule has 1 aromatic heterocycles. The molecule has 0 fully saturated rings. The third kappa shape index (κ3) is 2.66. The highest BCUT2D eigenvalue weighted by Crippen LogP contribution is 2.12. The van der Waals surface area contributed by atoms with Gasteiger partial charge in [0.05, 0.1) is 0 Å². The predicted molar refractivity (Wildman–Crippen MR) is 60.5 cm³/mol. The molecule has 15 heavy (non-hydrogen) atoms. The quantitative estimate of drug-likeness (QED) is 0.756. The number of nitrogens with one attached hydrogen (secondary N) is 1. The molecule has 1 aliphatic heterocycles. The Balaban J connectivity index is 0.000000531. The number of hydrogen-bond donors (Lipinski definition) is 1. The second kappa shape index (κ2) is 5.31. The molecule has 0 spiro atoms. The minimum Gasteiger partial charge on any atom is -0.296 e. The Morgan fingerprint density at radius 2 is 1.80 bits per heavy atom. The van der Waals surface area contributed by atoms with Crippen LogP contribution in [0.3, 0.4) is 0 Å². The maximum atomic E-state index is 4.11. The maximum absolute atomic E-state index is 4.11. The molecule has 5 heteroatoms. The van der Waals surface area contributed by atoms with Gasteiger partial charge in [-0.15, -0.1) is 5.53 Å². The van der Waals surface area contributed by atoms with Crippen LogP contribution < -0.4 is 10.5 Å². The molecule has 0 aliphatic carbocycles. The van der Waals surface area contributed by atoms with Crippen molar-refractivity contribution >= 4 is 5.95 Å². The van der Waals surface area contributed by atoms with E-state index >= 15 is 0 Å². The van der Waals surface area contributed by atoms with E-state index in [-0.39, 0.29) is 0 Å². The van der Waals surface area contributed by atoms with Gasteiger partial charge < -0.3 is 0 Å². The zero-order valence-corrected chi connectivity index (χ0v) is 9.60. The van der Waals surface area contributed by atoms with Crippen molar-refractivity contribution in [2.75, 3.05) is 12.1 Å². The van der Waals surface area contributed by atoms with Crippen LogP contribution >= 0.6 is 0 Å². The SMILES string of the molecule is CC.CC1=CN(c2ncccn2)NN1C. The van der Waals surface area contributed by atoms with E-state index < -0.39 is 0 Å². The van der Waals surface area contributed by atoms with Gasteiger partial charge in [0.15, 0.2) is 0 Å². The van der Waals surface area contributed by atoms with Crippen molar-refractivity contribution < 1.29 is 0 Å². The molecule has 0 unspecified atom stereocenters. The lowest BCUT2D eigenvalue weighted by molar-refractivity contribution is 0.331. The first-order valence-corrected chi connectivity index (χ1v) is 5.02. The van der Waals surface area contributed by atoms with E-state index in [1.54, 1.807) is 23.5 Å². The third-order valence-corrected chi connectivity index (χ3v) is 1.87. The van der Waals surface area contributed by atoms with E-state index in [4.69, 9.17) is 0 Å². The molecule has 0 saturated heterocycles. The van der Waals surface area contributed by atoms with E-state index in [2.05, 4.69) is 15.5 Å². The van der Waals surface area contributed by atoms with Crippen molar-refractivity contribution in [3.05, 3.63) is 30.4 Å². The molecule has 0 amide bonds. The van der Waals surface area contributed by atoms with Crippen LogP contribution in [0.15, 0.2) is 30.4 Å². The molecule has 0 atom stereocenters. The van der Waals surface area contributed by atoms with Crippen molar-refractivity contribution in [1.82, 2.24) is 20.5 Å². The number of anilines is 1. The zero-order chi connectivity index (χ0) is 11.3. The molecule has 2 heterocycles. The lowest BCUT2D eigenvalue weighted by atomic mass is 10.5. The van der Waals surface area contributed by atoms with Crippen LogP contribution in [0, 0.1) is 0 Å². The normalized spacial score (nSPS) is 14.5. The van der Waals surface area contributed by atoms with E-state index in [1.165, 1.54) is 0 Å². The van der Waals surface area contributed by atoms with Gasteiger partial charge in [0.2, 0.25) is 5.95 Å². The lowest BCUT2D eigenvalue weighted by Crippen LogP contribution is -2.38. The first-order chi connectivity index (χ1) is 7.27. The number of nitrogens with zero attached hydrogens (tertiary/aromatic N) is 4. The Labute approximate surface area is 90.4 Å². The molecule has 0 radical (unpaired) electrons. The van der Waals surface area contributed by atoms with Gasteiger partial charge in [-0.25, -0.2) is 15.0 Å². The van der Waals surface area contributed by atoms with Gasteiger partial charge in [0, 0.05) is 31.3 Å². The largest absolute Gasteiger partial charge is 0.296 e. The van der Waals surface area contributed by atoms with Crippen LogP contribution in [0.1, 0.15) is 20.8 Å². The fourth-order valence-corrected chi connectivity index (χ4v) is 1.06. The summed E-state index contributed by atoms with van der Waals surface area (Å²) in [6.07, 6.45) is 5.37. The second-order valence-electron chi connectivity index (χ2n) is 2.85. The first-order valence-electron chi connectivity index (χ1n) is 5.02. The monoisotopic (exact) mass is 207 g/mol. The summed E-state index contributed by atoms with van der Waals surface area (Å²) in [5.41, 5.74) is 4.19. The molecule has 0 aromatic carbocycles. The van der Waals surface area contributed by atoms with Gasteiger partial charge in [0.25, 0.3) is 0 Å². The highest BCUT2D eigenvalue weighted by Gasteiger charge is 2.15. The molecule has 1 aromatic rings. The van der Waals surface area contributed by atoms with Crippen LogP contribution in [0.2, 0.25) is 0 Å². The predicted octanol–water partition coefficient (Wildman–Crippen LogP) is 1.54. The van der Waals surface area contributed by atoms with Gasteiger partial charge in [0.1, 0.15) is 0 Å². The second-order valence-corrected chi connectivity index (χ2v) is 2.85. The van der Waals surface area contributed by atoms with Gasteiger partial charge in [-0.1, -0.05) is 13.8 Å². The molecular weight excluding hydrogens is 190 g/mol. The molecule has 82 valence electrons.